The van der Waals surface area contributed by atoms with Crippen LogP contribution in [0.2, 0.25) is 0 Å². The molecule has 123 valence electrons. The van der Waals surface area contributed by atoms with E-state index in [0.717, 1.165) is 0 Å². The minimum Gasteiger partial charge on any atom is -2.00 e. The molecule has 0 fully saturated rings. The first-order chi connectivity index (χ1) is 10.0. The monoisotopic (exact) mass is 353 g/mol. The molecule has 1 N–H and O–H groups in total. The molecule has 0 aromatic heterocycles. The predicted molar refractivity (Wildman–Crippen MR) is 71.6 cm³/mol. The summed E-state index contributed by atoms with van der Waals surface area (Å²) in [6.07, 6.45) is 1.23. The number of aliphatic carboxylic acids is 1. The summed E-state index contributed by atoms with van der Waals surface area (Å²) < 4.78 is 0. The summed E-state index contributed by atoms with van der Waals surface area (Å²) in [5, 5.41) is 40.0. The molecule has 0 aliphatic carbocycles. The fourth-order valence-electron chi connectivity index (χ4n) is 1.26. The minimum atomic E-state index is -1.26. The van der Waals surface area contributed by atoms with E-state index in [9.17, 15) is 20.1 Å². The molecule has 0 heterocycles. The molecule has 0 aliphatic rings. The number of carboxylic acid groups (broad SMARTS) is 1. The van der Waals surface area contributed by atoms with E-state index in [0.29, 0.717) is 5.56 Å². The van der Waals surface area contributed by atoms with Crippen LogP contribution in [-0.4, -0.2) is 23.8 Å². The number of rotatable bonds is 3. The predicted octanol–water partition coefficient (Wildman–Crippen LogP) is -0.727. The van der Waals surface area contributed by atoms with Gasteiger partial charge in [-0.05, 0) is 11.6 Å². The number of phenols is 1. The van der Waals surface area contributed by atoms with Gasteiger partial charge in [-0.1, -0.05) is 48.2 Å². The van der Waals surface area contributed by atoms with Crippen LogP contribution in [0, 0.1) is 0 Å². The maximum Gasteiger partial charge on any atom is 0.107 e. The number of carbonyl (C=O) groups excluding carboxylic acids is 1. The molecule has 0 saturated carbocycles. The molecule has 8 heteroatoms. The quantitative estimate of drug-likeness (QED) is 0.723. The van der Waals surface area contributed by atoms with Gasteiger partial charge in [-0.2, -0.15) is 0 Å². The molecule has 0 saturated heterocycles. The molecular weight excluding hydrogens is 341 g/mol. The summed E-state index contributed by atoms with van der Waals surface area (Å²) in [6, 6.07) is 12.1. The minimum absolute atomic E-state index is 0. The largest absolute Gasteiger partial charge is 2.00 e. The molecule has 1 radical (unpaired) electrons. The molecule has 7 nitrogen and oxygen atoms in total. The normalized spacial score (nSPS) is 9.04. The first-order valence-corrected chi connectivity index (χ1v) is 5.91. The van der Waals surface area contributed by atoms with Gasteiger partial charge in [0.2, 0.25) is 0 Å². The Morgan fingerprint density at radius 1 is 1.04 bits per heavy atom. The molecule has 0 amide bonds. The zero-order valence-electron chi connectivity index (χ0n) is 11.8. The van der Waals surface area contributed by atoms with E-state index < -0.39 is 12.5 Å². The van der Waals surface area contributed by atoms with Crippen LogP contribution in [0.5, 0.6) is 17.2 Å². The fraction of sp³-hybridized carbons (Fsp3) is 0.0667. The van der Waals surface area contributed by atoms with Gasteiger partial charge in [-0.25, -0.2) is 0 Å². The number of carbonyl (C=O) groups is 1. The number of aliphatic imine (C=N–C) groups is 1. The first kappa shape index (κ1) is 22.8. The maximum absolute atomic E-state index is 11.0. The Balaban J connectivity index is 0. The van der Waals surface area contributed by atoms with Crippen molar-refractivity contribution in [1.29, 1.82) is 0 Å². The third-order valence-electron chi connectivity index (χ3n) is 2.24. The van der Waals surface area contributed by atoms with Crippen molar-refractivity contribution in [2.45, 2.75) is 0 Å². The van der Waals surface area contributed by atoms with Crippen molar-refractivity contribution in [2.75, 3.05) is 6.54 Å². The standard InChI is InChI=1S/C9H9NO3.C6H6O2.O.V/c11-8-4-2-1-3-7(8)5-10-6-9(12)13;7-5-3-1-2-4-6(5)8;;/h1-5,11H,6H2,(H,12,13);1-4,7-8H;;/q;;-2;/p-3. The van der Waals surface area contributed by atoms with Crippen molar-refractivity contribution < 1.29 is 49.3 Å². The Morgan fingerprint density at radius 3 is 2.00 bits per heavy atom. The maximum atomic E-state index is 11.0. The van der Waals surface area contributed by atoms with Gasteiger partial charge in [-0.3, -0.25) is 4.99 Å². The molecule has 0 spiro atoms. The summed E-state index contributed by atoms with van der Waals surface area (Å²) in [5.41, 5.74) is 0.378. The summed E-state index contributed by atoms with van der Waals surface area (Å²) >= 11 is 0. The molecule has 0 unspecified atom stereocenters. The number of phenolic OH excluding ortho intramolecular Hbond substituents is 1. The van der Waals surface area contributed by atoms with Crippen molar-refractivity contribution >= 4 is 12.2 Å². The number of hydrogen-bond donors (Lipinski definition) is 1. The van der Waals surface area contributed by atoms with Gasteiger partial charge < -0.3 is 30.7 Å². The molecule has 2 aromatic carbocycles. The number of aromatic hydroxyl groups is 1. The Kier molecular flexibility index (Phi) is 12.0. The van der Waals surface area contributed by atoms with Crippen LogP contribution in [0.15, 0.2) is 53.5 Å². The van der Waals surface area contributed by atoms with Crippen molar-refractivity contribution in [3.63, 3.8) is 0 Å². The number of para-hydroxylation sites is 3. The summed E-state index contributed by atoms with van der Waals surface area (Å²) in [7, 11) is 0. The Bertz CT molecular complexity index is 612. The number of nitrogens with zero attached hydrogens (tertiary/aromatic N) is 1. The van der Waals surface area contributed by atoms with E-state index >= 15 is 0 Å². The van der Waals surface area contributed by atoms with E-state index in [-0.39, 0.29) is 41.3 Å². The van der Waals surface area contributed by atoms with Crippen molar-refractivity contribution in [3.05, 3.63) is 54.1 Å². The molecule has 0 atom stereocenters. The van der Waals surface area contributed by atoms with Crippen LogP contribution in [0.4, 0.5) is 0 Å². The third-order valence-corrected chi connectivity index (χ3v) is 2.24. The van der Waals surface area contributed by atoms with E-state index in [1.165, 1.54) is 24.4 Å². The Hall–Kier alpha value is -2.48. The zero-order chi connectivity index (χ0) is 15.7. The van der Waals surface area contributed by atoms with Gasteiger partial charge >= 0.3 is 0 Å². The van der Waals surface area contributed by atoms with Gasteiger partial charge in [0.25, 0.3) is 0 Å². The molecule has 23 heavy (non-hydrogen) atoms. The van der Waals surface area contributed by atoms with Crippen molar-refractivity contribution in [1.82, 2.24) is 0 Å². The number of benzene rings is 2. The zero-order valence-corrected chi connectivity index (χ0v) is 13.2. The van der Waals surface area contributed by atoms with Crippen molar-refractivity contribution in [2.24, 2.45) is 4.99 Å². The Morgan fingerprint density at radius 2 is 1.57 bits per heavy atom. The smallest absolute Gasteiger partial charge is 0.107 e. The average molecular weight is 353 g/mol. The van der Waals surface area contributed by atoms with E-state index in [4.69, 9.17) is 5.11 Å². The molecular formula is C15H12NO6V-5. The van der Waals surface area contributed by atoms with Gasteiger partial charge in [0.1, 0.15) is 5.75 Å². The van der Waals surface area contributed by atoms with Crippen LogP contribution in [-0.2, 0) is 28.8 Å². The average Bonchev–Trinajstić information content (AvgIpc) is 2.45. The van der Waals surface area contributed by atoms with Gasteiger partial charge in [0.15, 0.2) is 0 Å². The number of carboxylic acids is 1. The van der Waals surface area contributed by atoms with Gasteiger partial charge in [0.05, 0.1) is 12.5 Å². The van der Waals surface area contributed by atoms with Crippen LogP contribution in [0.1, 0.15) is 5.56 Å². The molecule has 0 bridgehead atoms. The second-order valence-electron chi connectivity index (χ2n) is 3.85. The fourth-order valence-corrected chi connectivity index (χ4v) is 1.26. The first-order valence-electron chi connectivity index (χ1n) is 5.91. The molecule has 2 aromatic rings. The van der Waals surface area contributed by atoms with Gasteiger partial charge in [-0.15, -0.1) is 5.75 Å². The van der Waals surface area contributed by atoms with E-state index in [2.05, 4.69) is 4.99 Å². The summed E-state index contributed by atoms with van der Waals surface area (Å²) in [5.74, 6) is -1.95. The van der Waals surface area contributed by atoms with Crippen LogP contribution >= 0.6 is 0 Å². The topological polar surface area (TPSA) is 147 Å². The van der Waals surface area contributed by atoms with Crippen molar-refractivity contribution in [3.8, 4) is 17.2 Å². The number of hydrogen-bond acceptors (Lipinski definition) is 6. The van der Waals surface area contributed by atoms with Crippen LogP contribution in [0.3, 0.4) is 0 Å². The second kappa shape index (κ2) is 12.1. The van der Waals surface area contributed by atoms with Gasteiger partial charge in [0, 0.05) is 24.8 Å². The Labute approximate surface area is 144 Å². The molecule has 0 aliphatic heterocycles. The third kappa shape index (κ3) is 9.20. The van der Waals surface area contributed by atoms with E-state index in [1.54, 1.807) is 30.3 Å². The summed E-state index contributed by atoms with van der Waals surface area (Å²) in [4.78, 5) is 13.5. The SMILES string of the molecule is O=C([O-])CN=Cc1ccccc1[O-].[O-2].[O-]c1ccccc1O.[V]. The van der Waals surface area contributed by atoms with Crippen LogP contribution < -0.4 is 15.3 Å². The molecule has 2 rings (SSSR count). The second-order valence-corrected chi connectivity index (χ2v) is 3.85. The van der Waals surface area contributed by atoms with Crippen LogP contribution in [0.25, 0.3) is 0 Å². The van der Waals surface area contributed by atoms with E-state index in [1.807, 2.05) is 0 Å². The summed E-state index contributed by atoms with van der Waals surface area (Å²) in [6.45, 7) is -0.422.